The highest BCUT2D eigenvalue weighted by atomic mass is 28.3. The number of rotatable bonds is 11. The van der Waals surface area contributed by atoms with Gasteiger partial charge < -0.3 is 19.5 Å². The number of carbonyl (C=O) groups is 2. The van der Waals surface area contributed by atoms with Gasteiger partial charge in [-0.3, -0.25) is 9.59 Å². The standard InChI is InChI=1S/C44H51N3O5Si/c1-30-40(24-16-31-14-17-35(18-15-31)47-42(49)25-23-39(45-47)32-10-6-5-7-11-32)52-41(44(30)53(3,4)38-21-19-37(51-2)20-22-38)27-43(50)46-28-34-13-9-8-12-33(34)26-36(46)29-48/h5-15,17-22,30,36,40-41,44,48H,16,23-29H2,1-4H3/t30-,36+,40+,41-,44+/m1/s1. The van der Waals surface area contributed by atoms with E-state index >= 15 is 0 Å². The summed E-state index contributed by atoms with van der Waals surface area (Å²) in [5, 5.41) is 17.9. The maximum Gasteiger partial charge on any atom is 0.247 e. The molecule has 3 aliphatic rings. The molecular weight excluding hydrogens is 679 g/mol. The van der Waals surface area contributed by atoms with Gasteiger partial charge in [-0.1, -0.05) is 104 Å². The van der Waals surface area contributed by atoms with Crippen LogP contribution in [0.5, 0.6) is 5.75 Å². The Labute approximate surface area is 314 Å². The number of aryl methyl sites for hydroxylation is 1. The number of hydrogen-bond acceptors (Lipinski definition) is 6. The highest BCUT2D eigenvalue weighted by molar-refractivity contribution is 6.91. The Balaban J connectivity index is 1.08. The molecule has 276 valence electrons. The molecule has 2 amide bonds. The fourth-order valence-corrected chi connectivity index (χ4v) is 12.9. The summed E-state index contributed by atoms with van der Waals surface area (Å²) in [6.45, 7) is 7.55. The van der Waals surface area contributed by atoms with Crippen LogP contribution >= 0.6 is 0 Å². The van der Waals surface area contributed by atoms with Gasteiger partial charge in [0.05, 0.1) is 57.9 Å². The van der Waals surface area contributed by atoms with Gasteiger partial charge in [0.1, 0.15) is 5.75 Å². The Bertz CT molecular complexity index is 1930. The van der Waals surface area contributed by atoms with Crippen LogP contribution in [0.25, 0.3) is 0 Å². The fraction of sp³-hybridized carbons (Fsp3) is 0.386. The first-order chi connectivity index (χ1) is 25.7. The second-order valence-corrected chi connectivity index (χ2v) is 20.1. The number of nitrogens with zero attached hydrogens (tertiary/aromatic N) is 3. The summed E-state index contributed by atoms with van der Waals surface area (Å²) in [4.78, 5) is 29.0. The molecule has 3 heterocycles. The van der Waals surface area contributed by atoms with Crippen LogP contribution in [0.15, 0.2) is 108 Å². The van der Waals surface area contributed by atoms with Crippen molar-refractivity contribution in [3.8, 4) is 5.75 Å². The van der Waals surface area contributed by atoms with Crippen molar-refractivity contribution in [1.82, 2.24) is 4.90 Å². The fourth-order valence-electron chi connectivity index (χ4n) is 8.88. The lowest BCUT2D eigenvalue weighted by Crippen LogP contribution is -2.52. The number of ether oxygens (including phenoxy) is 2. The molecule has 4 aromatic rings. The maximum absolute atomic E-state index is 14.2. The number of fused-ring (bicyclic) bond motifs is 1. The predicted molar refractivity (Wildman–Crippen MR) is 212 cm³/mol. The van der Waals surface area contributed by atoms with Crippen LogP contribution in [0.1, 0.15) is 54.9 Å². The van der Waals surface area contributed by atoms with Gasteiger partial charge in [0.15, 0.2) is 0 Å². The molecule has 0 aromatic heterocycles. The summed E-state index contributed by atoms with van der Waals surface area (Å²) < 4.78 is 12.4. The predicted octanol–water partition coefficient (Wildman–Crippen LogP) is 6.88. The van der Waals surface area contributed by atoms with Crippen LogP contribution in [-0.4, -0.2) is 67.6 Å². The monoisotopic (exact) mass is 729 g/mol. The van der Waals surface area contributed by atoms with E-state index in [1.54, 1.807) is 7.11 Å². The molecule has 7 rings (SSSR count). The Morgan fingerprint density at radius 3 is 2.30 bits per heavy atom. The van der Waals surface area contributed by atoms with E-state index in [1.807, 2.05) is 71.6 Å². The summed E-state index contributed by atoms with van der Waals surface area (Å²) in [6, 6.07) is 34.6. The van der Waals surface area contributed by atoms with Crippen molar-refractivity contribution in [1.29, 1.82) is 0 Å². The number of aliphatic hydroxyl groups is 1. The SMILES string of the molecule is COc1ccc([Si](C)(C)[C@H]2[C@H](C)[C@H](CCc3ccc(N4N=C(c5ccccc5)CCC4=O)cc3)O[C@@H]2CC(=O)N2Cc3ccccc3C[C@H]2CO)cc1. The summed E-state index contributed by atoms with van der Waals surface area (Å²) in [5.74, 6) is 1.11. The van der Waals surface area contributed by atoms with Crippen molar-refractivity contribution in [2.75, 3.05) is 18.7 Å². The number of carbonyl (C=O) groups excluding carboxylic acids is 2. The minimum absolute atomic E-state index is 0.0000416. The van der Waals surface area contributed by atoms with E-state index < -0.39 is 8.07 Å². The molecule has 1 N–H and O–H groups in total. The maximum atomic E-state index is 14.2. The molecule has 8 nitrogen and oxygen atoms in total. The zero-order valence-corrected chi connectivity index (χ0v) is 32.3. The van der Waals surface area contributed by atoms with Gasteiger partial charge in [-0.15, -0.1) is 0 Å². The van der Waals surface area contributed by atoms with E-state index in [-0.39, 0.29) is 48.1 Å². The molecule has 53 heavy (non-hydrogen) atoms. The van der Waals surface area contributed by atoms with Crippen LogP contribution < -0.4 is 14.9 Å². The zero-order chi connectivity index (χ0) is 37.1. The Hall–Kier alpha value is -4.57. The van der Waals surface area contributed by atoms with E-state index in [0.29, 0.717) is 32.2 Å². The number of aliphatic hydroxyl groups excluding tert-OH is 1. The Kier molecular flexibility index (Phi) is 11.0. The van der Waals surface area contributed by atoms with Crippen LogP contribution in [0.2, 0.25) is 18.6 Å². The Morgan fingerprint density at radius 2 is 1.60 bits per heavy atom. The quantitative estimate of drug-likeness (QED) is 0.170. The van der Waals surface area contributed by atoms with Crippen LogP contribution in [-0.2, 0) is 33.7 Å². The van der Waals surface area contributed by atoms with Crippen molar-refractivity contribution in [3.63, 3.8) is 0 Å². The van der Waals surface area contributed by atoms with Crippen molar-refractivity contribution < 1.29 is 24.2 Å². The van der Waals surface area contributed by atoms with Gasteiger partial charge in [-0.25, -0.2) is 5.01 Å². The van der Waals surface area contributed by atoms with Crippen molar-refractivity contribution >= 4 is 36.5 Å². The lowest BCUT2D eigenvalue weighted by molar-refractivity contribution is -0.138. The molecule has 4 aromatic carbocycles. The third kappa shape index (κ3) is 7.74. The first-order valence-electron chi connectivity index (χ1n) is 19.0. The van der Waals surface area contributed by atoms with E-state index in [0.717, 1.165) is 41.1 Å². The summed E-state index contributed by atoms with van der Waals surface area (Å²) >= 11 is 0. The Morgan fingerprint density at radius 1 is 0.906 bits per heavy atom. The second-order valence-electron chi connectivity index (χ2n) is 15.4. The van der Waals surface area contributed by atoms with Gasteiger partial charge in [0, 0.05) is 19.4 Å². The molecule has 0 radical (unpaired) electrons. The minimum Gasteiger partial charge on any atom is -0.497 e. The third-order valence-electron chi connectivity index (χ3n) is 11.9. The normalized spacial score (nSPS) is 23.1. The van der Waals surface area contributed by atoms with Crippen LogP contribution in [0, 0.1) is 5.92 Å². The zero-order valence-electron chi connectivity index (χ0n) is 31.3. The van der Waals surface area contributed by atoms with Gasteiger partial charge in [0.25, 0.3) is 0 Å². The summed E-state index contributed by atoms with van der Waals surface area (Å²) in [6.07, 6.45) is 3.41. The number of methoxy groups -OCH3 is 1. The average molecular weight is 730 g/mol. The first-order valence-corrected chi connectivity index (χ1v) is 22.1. The lowest BCUT2D eigenvalue weighted by atomic mass is 9.93. The molecule has 5 atom stereocenters. The number of hydrogen-bond donors (Lipinski definition) is 1. The highest BCUT2D eigenvalue weighted by Gasteiger charge is 2.51. The molecule has 0 unspecified atom stereocenters. The van der Waals surface area contributed by atoms with Gasteiger partial charge in [-0.2, -0.15) is 5.10 Å². The largest absolute Gasteiger partial charge is 0.497 e. The average Bonchev–Trinajstić information content (AvgIpc) is 3.51. The molecular formula is C44H51N3O5Si. The summed E-state index contributed by atoms with van der Waals surface area (Å²) in [5.41, 5.74) is 6.45. The molecule has 3 aliphatic heterocycles. The number of amides is 2. The number of anilines is 1. The van der Waals surface area contributed by atoms with Crippen LogP contribution in [0.3, 0.4) is 0 Å². The van der Waals surface area contributed by atoms with E-state index in [2.05, 4.69) is 56.4 Å². The minimum atomic E-state index is -2.17. The van der Waals surface area contributed by atoms with Crippen molar-refractivity contribution in [2.45, 2.75) is 88.9 Å². The second kappa shape index (κ2) is 15.8. The van der Waals surface area contributed by atoms with E-state index in [9.17, 15) is 14.7 Å². The highest BCUT2D eigenvalue weighted by Crippen LogP contribution is 2.47. The topological polar surface area (TPSA) is 91.7 Å². The third-order valence-corrected chi connectivity index (χ3v) is 16.3. The molecule has 0 bridgehead atoms. The molecule has 9 heteroatoms. The molecule has 1 fully saturated rings. The number of benzene rings is 4. The smallest absolute Gasteiger partial charge is 0.247 e. The summed E-state index contributed by atoms with van der Waals surface area (Å²) in [7, 11) is -0.485. The van der Waals surface area contributed by atoms with Gasteiger partial charge in [-0.05, 0) is 77.2 Å². The van der Waals surface area contributed by atoms with E-state index in [4.69, 9.17) is 14.6 Å². The first kappa shape index (κ1) is 36.8. The lowest BCUT2D eigenvalue weighted by Gasteiger charge is -2.39. The van der Waals surface area contributed by atoms with E-state index in [1.165, 1.54) is 21.3 Å². The molecule has 0 spiro atoms. The van der Waals surface area contributed by atoms with Crippen LogP contribution in [0.4, 0.5) is 5.69 Å². The van der Waals surface area contributed by atoms with Crippen molar-refractivity contribution in [2.24, 2.45) is 11.0 Å². The van der Waals surface area contributed by atoms with Gasteiger partial charge >= 0.3 is 0 Å². The molecule has 0 aliphatic carbocycles. The number of hydrazone groups is 1. The van der Waals surface area contributed by atoms with Gasteiger partial charge in [0.2, 0.25) is 11.8 Å². The molecule has 1 saturated heterocycles. The molecule has 0 saturated carbocycles. The van der Waals surface area contributed by atoms with Crippen molar-refractivity contribution in [3.05, 3.63) is 125 Å².